The minimum atomic E-state index is -4.76. The number of halogens is 3. The summed E-state index contributed by atoms with van der Waals surface area (Å²) in [5, 5.41) is 4.71. The summed E-state index contributed by atoms with van der Waals surface area (Å²) in [6, 6.07) is 4.96. The van der Waals surface area contributed by atoms with Crippen LogP contribution >= 0.6 is 0 Å². The van der Waals surface area contributed by atoms with Crippen LogP contribution in [-0.2, 0) is 17.3 Å². The predicted octanol–water partition coefficient (Wildman–Crippen LogP) is 1.71. The van der Waals surface area contributed by atoms with E-state index >= 15 is 0 Å². The Morgan fingerprint density at radius 2 is 2.09 bits per heavy atom. The van der Waals surface area contributed by atoms with Gasteiger partial charge in [0.05, 0.1) is 12.2 Å². The topological polar surface area (TPSA) is 75.5 Å². The second-order valence-corrected chi connectivity index (χ2v) is 6.29. The first-order valence-corrected chi connectivity index (χ1v) is 8.00. The lowest BCUT2D eigenvalue weighted by molar-refractivity contribution is -0.0384. The first-order chi connectivity index (χ1) is 10.8. The molecule has 6 nitrogen and oxygen atoms in total. The Bertz CT molecular complexity index is 730. The van der Waals surface area contributed by atoms with E-state index in [2.05, 4.69) is 15.6 Å². The van der Waals surface area contributed by atoms with Crippen LogP contribution in [0.1, 0.15) is 11.4 Å². The van der Waals surface area contributed by atoms with E-state index in [1.165, 1.54) is 0 Å². The molecule has 0 radical (unpaired) electrons. The molecule has 0 aliphatic rings. The van der Waals surface area contributed by atoms with Crippen LogP contribution in [0.15, 0.2) is 24.4 Å². The van der Waals surface area contributed by atoms with Gasteiger partial charge in [0.2, 0.25) is 0 Å². The van der Waals surface area contributed by atoms with Gasteiger partial charge in [-0.3, -0.25) is 4.21 Å². The number of carbonyl (C=O) groups is 1. The molecule has 0 saturated heterocycles. The number of rotatable bonds is 5. The highest BCUT2D eigenvalue weighted by Crippen LogP contribution is 2.19. The Morgan fingerprint density at radius 3 is 2.74 bits per heavy atom. The van der Waals surface area contributed by atoms with Gasteiger partial charge in [-0.15, -0.1) is 0 Å². The quantitative estimate of drug-likeness (QED) is 0.864. The summed E-state index contributed by atoms with van der Waals surface area (Å²) in [6.45, 7) is 1.72. The first-order valence-electron chi connectivity index (χ1n) is 6.68. The molecule has 0 aliphatic heterocycles. The van der Waals surface area contributed by atoms with Gasteiger partial charge in [0, 0.05) is 24.2 Å². The molecule has 0 aromatic carbocycles. The number of alkyl halides is 3. The van der Waals surface area contributed by atoms with Crippen LogP contribution in [0.4, 0.5) is 18.0 Å². The van der Waals surface area contributed by atoms with E-state index in [9.17, 15) is 22.2 Å². The van der Waals surface area contributed by atoms with Gasteiger partial charge in [0.15, 0.2) is 0 Å². The van der Waals surface area contributed by atoms with Crippen LogP contribution in [-0.4, -0.2) is 37.4 Å². The van der Waals surface area contributed by atoms with Gasteiger partial charge in [-0.05, 0) is 19.1 Å². The molecule has 1 atom stereocenters. The maximum absolute atomic E-state index is 12.0. The number of nitrogens with zero attached hydrogens (tertiary/aromatic N) is 2. The number of aromatic nitrogens is 2. The smallest absolute Gasteiger partial charge is 0.337 e. The normalized spacial score (nSPS) is 13.0. The lowest BCUT2D eigenvalue weighted by atomic mass is 10.4. The van der Waals surface area contributed by atoms with E-state index in [4.69, 9.17) is 0 Å². The molecule has 10 heteroatoms. The third-order valence-corrected chi connectivity index (χ3v) is 4.10. The minimum absolute atomic E-state index is 0.134. The molecule has 0 saturated carbocycles. The second-order valence-electron chi connectivity index (χ2n) is 4.73. The third kappa shape index (κ3) is 4.68. The SMILES string of the molecule is Cc1cccc2nc(CNC(=O)NCCS(=O)C(F)(F)F)cn12. The zero-order chi connectivity index (χ0) is 17.0. The first kappa shape index (κ1) is 17.3. The van der Waals surface area contributed by atoms with Gasteiger partial charge < -0.3 is 15.0 Å². The molecule has 0 spiro atoms. The van der Waals surface area contributed by atoms with Crippen LogP contribution in [0.3, 0.4) is 0 Å². The monoisotopic (exact) mass is 348 g/mol. The van der Waals surface area contributed by atoms with Crippen molar-refractivity contribution in [3.63, 3.8) is 0 Å². The molecule has 2 aromatic rings. The molecule has 0 fully saturated rings. The Kier molecular flexibility index (Phi) is 5.24. The number of nitrogens with one attached hydrogen (secondary N) is 2. The highest BCUT2D eigenvalue weighted by molar-refractivity contribution is 7.85. The number of carbonyl (C=O) groups excluding carboxylic acids is 1. The Balaban J connectivity index is 1.80. The van der Waals surface area contributed by atoms with Gasteiger partial charge >= 0.3 is 11.5 Å². The Morgan fingerprint density at radius 1 is 1.35 bits per heavy atom. The fourth-order valence-electron chi connectivity index (χ4n) is 1.89. The van der Waals surface area contributed by atoms with Crippen molar-refractivity contribution in [2.75, 3.05) is 12.3 Å². The predicted molar refractivity (Wildman–Crippen MR) is 79.2 cm³/mol. The van der Waals surface area contributed by atoms with Crippen molar-refractivity contribution in [1.82, 2.24) is 20.0 Å². The van der Waals surface area contributed by atoms with Crippen LogP contribution in [0.5, 0.6) is 0 Å². The summed E-state index contributed by atoms with van der Waals surface area (Å²) in [7, 11) is -2.97. The lowest BCUT2D eigenvalue weighted by Gasteiger charge is -2.08. The zero-order valence-electron chi connectivity index (χ0n) is 12.2. The van der Waals surface area contributed by atoms with Gasteiger partial charge in [0.1, 0.15) is 16.4 Å². The highest BCUT2D eigenvalue weighted by atomic mass is 32.2. The van der Waals surface area contributed by atoms with E-state index in [1.54, 1.807) is 6.20 Å². The number of fused-ring (bicyclic) bond motifs is 1. The van der Waals surface area contributed by atoms with E-state index in [-0.39, 0.29) is 13.1 Å². The number of aryl methyl sites for hydroxylation is 1. The number of pyridine rings is 1. The Hall–Kier alpha value is -2.10. The van der Waals surface area contributed by atoms with E-state index in [0.717, 1.165) is 11.3 Å². The average molecular weight is 348 g/mol. The highest BCUT2D eigenvalue weighted by Gasteiger charge is 2.36. The minimum Gasteiger partial charge on any atom is -0.337 e. The molecule has 2 rings (SSSR count). The van der Waals surface area contributed by atoms with Crippen LogP contribution in [0, 0.1) is 6.92 Å². The fourth-order valence-corrected chi connectivity index (χ4v) is 2.41. The lowest BCUT2D eigenvalue weighted by Crippen LogP contribution is -2.38. The molecular formula is C13H15F3N4O2S. The van der Waals surface area contributed by atoms with Crippen molar-refractivity contribution in [1.29, 1.82) is 0 Å². The maximum atomic E-state index is 12.0. The van der Waals surface area contributed by atoms with Crippen LogP contribution in [0.25, 0.3) is 5.65 Å². The third-order valence-electron chi connectivity index (χ3n) is 3.01. The summed E-state index contributed by atoms with van der Waals surface area (Å²) < 4.78 is 48.7. The molecule has 0 aliphatic carbocycles. The molecule has 1 unspecified atom stereocenters. The van der Waals surface area contributed by atoms with E-state index in [1.807, 2.05) is 29.5 Å². The summed E-state index contributed by atoms with van der Waals surface area (Å²) in [6.07, 6.45) is 1.77. The van der Waals surface area contributed by atoms with E-state index in [0.29, 0.717) is 5.69 Å². The zero-order valence-corrected chi connectivity index (χ0v) is 13.0. The van der Waals surface area contributed by atoms with Crippen molar-refractivity contribution < 1.29 is 22.2 Å². The van der Waals surface area contributed by atoms with E-state index < -0.39 is 28.1 Å². The number of urea groups is 1. The molecular weight excluding hydrogens is 333 g/mol. The number of hydrogen-bond acceptors (Lipinski definition) is 3. The molecule has 2 heterocycles. The largest absolute Gasteiger partial charge is 0.471 e. The molecule has 0 bridgehead atoms. The van der Waals surface area contributed by atoms with Gasteiger partial charge in [-0.25, -0.2) is 9.78 Å². The maximum Gasteiger partial charge on any atom is 0.471 e. The molecule has 2 aromatic heterocycles. The molecule has 23 heavy (non-hydrogen) atoms. The van der Waals surface area contributed by atoms with Crippen molar-refractivity contribution in [3.8, 4) is 0 Å². The van der Waals surface area contributed by atoms with Crippen molar-refractivity contribution in [2.45, 2.75) is 19.0 Å². The van der Waals surface area contributed by atoms with Crippen molar-refractivity contribution >= 4 is 22.5 Å². The second kappa shape index (κ2) is 6.99. The molecule has 126 valence electrons. The molecule has 2 N–H and O–H groups in total. The summed E-state index contributed by atoms with van der Waals surface area (Å²) >= 11 is 0. The molecule has 2 amide bonds. The standard InChI is InChI=1S/C13H15F3N4O2S/c1-9-3-2-4-11-19-10(8-20(9)11)7-18-12(21)17-5-6-23(22)13(14,15)16/h2-4,8H,5-7H2,1H3,(H2,17,18,21). The number of hydrogen-bond donors (Lipinski definition) is 2. The number of amides is 2. The van der Waals surface area contributed by atoms with Gasteiger partial charge in [0.25, 0.3) is 0 Å². The van der Waals surface area contributed by atoms with Crippen molar-refractivity contribution in [2.24, 2.45) is 0 Å². The van der Waals surface area contributed by atoms with Crippen molar-refractivity contribution in [3.05, 3.63) is 35.8 Å². The summed E-state index contributed by atoms with van der Waals surface area (Å²) in [4.78, 5) is 15.8. The fraction of sp³-hybridized carbons (Fsp3) is 0.385. The Labute approximate surface area is 132 Å². The van der Waals surface area contributed by atoms with Gasteiger partial charge in [-0.2, -0.15) is 13.2 Å². The van der Waals surface area contributed by atoms with Crippen LogP contribution < -0.4 is 10.6 Å². The summed E-state index contributed by atoms with van der Waals surface area (Å²) in [5.74, 6) is -0.676. The van der Waals surface area contributed by atoms with Crippen LogP contribution in [0.2, 0.25) is 0 Å². The average Bonchev–Trinajstić information content (AvgIpc) is 2.88. The van der Waals surface area contributed by atoms with Gasteiger partial charge in [-0.1, -0.05) is 6.07 Å². The summed E-state index contributed by atoms with van der Waals surface area (Å²) in [5.41, 5.74) is -2.41. The number of imidazole rings is 1.